The highest BCUT2D eigenvalue weighted by Crippen LogP contribution is 2.25. The fourth-order valence-corrected chi connectivity index (χ4v) is 3.38. The standard InChI is InChI=1S/C22H22N4O/c1-15-13-21(26-12-11-18-5-3-4-6-19(18)14-26)25-22(23-15)24-20-9-7-17(8-10-20)16(2)27/h3-10,13H,11-12,14H2,1-2H3,(H,23,24,25). The van der Waals surface area contributed by atoms with E-state index in [1.54, 1.807) is 6.92 Å². The summed E-state index contributed by atoms with van der Waals surface area (Å²) in [5.74, 6) is 1.56. The van der Waals surface area contributed by atoms with Crippen LogP contribution in [0, 0.1) is 6.92 Å². The third kappa shape index (κ3) is 3.82. The van der Waals surface area contributed by atoms with Gasteiger partial charge in [0.05, 0.1) is 0 Å². The van der Waals surface area contributed by atoms with E-state index in [-0.39, 0.29) is 5.78 Å². The topological polar surface area (TPSA) is 58.1 Å². The molecule has 0 fully saturated rings. The number of Topliss-reactive ketones (excluding diaryl/α,β-unsaturated/α-hetero) is 1. The fraction of sp³-hybridized carbons (Fsp3) is 0.227. The van der Waals surface area contributed by atoms with E-state index in [0.717, 1.165) is 36.7 Å². The van der Waals surface area contributed by atoms with Crippen molar-refractivity contribution in [2.75, 3.05) is 16.8 Å². The fourth-order valence-electron chi connectivity index (χ4n) is 3.38. The molecular weight excluding hydrogens is 336 g/mol. The number of anilines is 3. The van der Waals surface area contributed by atoms with Crippen LogP contribution in [-0.4, -0.2) is 22.3 Å². The maximum Gasteiger partial charge on any atom is 0.229 e. The highest BCUT2D eigenvalue weighted by molar-refractivity contribution is 5.94. The number of aromatic nitrogens is 2. The molecule has 1 aliphatic rings. The summed E-state index contributed by atoms with van der Waals surface area (Å²) in [5, 5.41) is 3.25. The molecule has 0 radical (unpaired) electrons. The molecule has 0 saturated heterocycles. The highest BCUT2D eigenvalue weighted by atomic mass is 16.1. The van der Waals surface area contributed by atoms with Crippen molar-refractivity contribution in [2.45, 2.75) is 26.8 Å². The largest absolute Gasteiger partial charge is 0.352 e. The summed E-state index contributed by atoms with van der Waals surface area (Å²) in [6, 6.07) is 18.0. The molecule has 1 aromatic heterocycles. The van der Waals surface area contributed by atoms with Gasteiger partial charge in [-0.1, -0.05) is 24.3 Å². The van der Waals surface area contributed by atoms with E-state index in [4.69, 9.17) is 4.98 Å². The van der Waals surface area contributed by atoms with Crippen LogP contribution >= 0.6 is 0 Å². The van der Waals surface area contributed by atoms with Crippen molar-refractivity contribution in [2.24, 2.45) is 0 Å². The second-order valence-electron chi connectivity index (χ2n) is 6.89. The molecule has 1 aliphatic heterocycles. The molecule has 0 bridgehead atoms. The third-order valence-electron chi connectivity index (χ3n) is 4.84. The summed E-state index contributed by atoms with van der Waals surface area (Å²) in [6.07, 6.45) is 1.02. The molecule has 5 nitrogen and oxygen atoms in total. The number of aryl methyl sites for hydroxylation is 1. The van der Waals surface area contributed by atoms with Gasteiger partial charge in [-0.25, -0.2) is 4.98 Å². The van der Waals surface area contributed by atoms with Crippen LogP contribution in [0.25, 0.3) is 0 Å². The van der Waals surface area contributed by atoms with E-state index in [1.807, 2.05) is 37.3 Å². The first-order valence-corrected chi connectivity index (χ1v) is 9.14. The van der Waals surface area contributed by atoms with Gasteiger partial charge in [-0.2, -0.15) is 4.98 Å². The molecule has 2 aromatic carbocycles. The Balaban J connectivity index is 1.56. The zero-order valence-corrected chi connectivity index (χ0v) is 15.6. The van der Waals surface area contributed by atoms with Crippen LogP contribution in [0.15, 0.2) is 54.6 Å². The number of hydrogen-bond acceptors (Lipinski definition) is 5. The van der Waals surface area contributed by atoms with E-state index in [1.165, 1.54) is 11.1 Å². The molecule has 2 heterocycles. The van der Waals surface area contributed by atoms with Crippen LogP contribution in [0.3, 0.4) is 0 Å². The Morgan fingerprint density at radius 3 is 2.52 bits per heavy atom. The van der Waals surface area contributed by atoms with Crippen LogP contribution in [0.5, 0.6) is 0 Å². The quantitative estimate of drug-likeness (QED) is 0.705. The second kappa shape index (κ2) is 7.19. The second-order valence-corrected chi connectivity index (χ2v) is 6.89. The minimum absolute atomic E-state index is 0.0565. The number of carbonyl (C=O) groups is 1. The summed E-state index contributed by atoms with van der Waals surface area (Å²) < 4.78 is 0. The van der Waals surface area contributed by atoms with Crippen molar-refractivity contribution in [3.05, 3.63) is 77.0 Å². The smallest absolute Gasteiger partial charge is 0.229 e. The lowest BCUT2D eigenvalue weighted by molar-refractivity contribution is 0.101. The molecule has 3 aromatic rings. The average Bonchev–Trinajstić information content (AvgIpc) is 2.67. The Hall–Kier alpha value is -3.21. The molecule has 0 atom stereocenters. The number of nitrogens with zero attached hydrogens (tertiary/aromatic N) is 3. The number of benzene rings is 2. The number of carbonyl (C=O) groups excluding carboxylic acids is 1. The minimum Gasteiger partial charge on any atom is -0.352 e. The molecule has 5 heteroatoms. The third-order valence-corrected chi connectivity index (χ3v) is 4.84. The van der Waals surface area contributed by atoms with Gasteiger partial charge in [0.15, 0.2) is 5.78 Å². The maximum atomic E-state index is 11.4. The normalized spacial score (nSPS) is 13.2. The Morgan fingerprint density at radius 1 is 1.04 bits per heavy atom. The Bertz CT molecular complexity index is 982. The predicted molar refractivity (Wildman–Crippen MR) is 108 cm³/mol. The lowest BCUT2D eigenvalue weighted by atomic mass is 10.00. The van der Waals surface area contributed by atoms with Crippen molar-refractivity contribution >= 4 is 23.2 Å². The van der Waals surface area contributed by atoms with E-state index in [2.05, 4.69) is 39.5 Å². The first kappa shape index (κ1) is 17.2. The Kier molecular flexibility index (Phi) is 4.59. The van der Waals surface area contributed by atoms with E-state index < -0.39 is 0 Å². The van der Waals surface area contributed by atoms with Gasteiger partial charge in [0.2, 0.25) is 5.95 Å². The lowest BCUT2D eigenvalue weighted by Gasteiger charge is -2.30. The summed E-state index contributed by atoms with van der Waals surface area (Å²) in [7, 11) is 0. The van der Waals surface area contributed by atoms with Crippen molar-refractivity contribution in [3.63, 3.8) is 0 Å². The van der Waals surface area contributed by atoms with Gasteiger partial charge in [0.25, 0.3) is 0 Å². The molecule has 136 valence electrons. The maximum absolute atomic E-state index is 11.4. The molecule has 0 saturated carbocycles. The Morgan fingerprint density at radius 2 is 1.78 bits per heavy atom. The number of hydrogen-bond donors (Lipinski definition) is 1. The molecule has 0 unspecified atom stereocenters. The Labute approximate surface area is 159 Å². The van der Waals surface area contributed by atoms with Gasteiger partial charge in [0.1, 0.15) is 5.82 Å². The van der Waals surface area contributed by atoms with Gasteiger partial charge in [-0.15, -0.1) is 0 Å². The van der Waals surface area contributed by atoms with Crippen LogP contribution < -0.4 is 10.2 Å². The molecular formula is C22H22N4O. The average molecular weight is 358 g/mol. The molecule has 1 N–H and O–H groups in total. The zero-order chi connectivity index (χ0) is 18.8. The van der Waals surface area contributed by atoms with Gasteiger partial charge >= 0.3 is 0 Å². The van der Waals surface area contributed by atoms with E-state index in [0.29, 0.717) is 11.5 Å². The first-order chi connectivity index (χ1) is 13.1. The van der Waals surface area contributed by atoms with Gasteiger partial charge in [-0.05, 0) is 55.7 Å². The molecule has 0 spiro atoms. The van der Waals surface area contributed by atoms with Crippen molar-refractivity contribution in [3.8, 4) is 0 Å². The van der Waals surface area contributed by atoms with E-state index in [9.17, 15) is 4.79 Å². The number of fused-ring (bicyclic) bond motifs is 1. The van der Waals surface area contributed by atoms with Gasteiger partial charge in [-0.3, -0.25) is 4.79 Å². The van der Waals surface area contributed by atoms with Crippen LogP contribution in [0.4, 0.5) is 17.5 Å². The van der Waals surface area contributed by atoms with Crippen molar-refractivity contribution < 1.29 is 4.79 Å². The van der Waals surface area contributed by atoms with Crippen molar-refractivity contribution in [1.82, 2.24) is 9.97 Å². The summed E-state index contributed by atoms with van der Waals surface area (Å²) in [6.45, 7) is 5.35. The summed E-state index contributed by atoms with van der Waals surface area (Å²) in [4.78, 5) is 22.9. The van der Waals surface area contributed by atoms with Crippen LogP contribution in [0.1, 0.15) is 34.1 Å². The summed E-state index contributed by atoms with van der Waals surface area (Å²) in [5.41, 5.74) is 5.25. The summed E-state index contributed by atoms with van der Waals surface area (Å²) >= 11 is 0. The number of rotatable bonds is 4. The minimum atomic E-state index is 0.0565. The first-order valence-electron chi connectivity index (χ1n) is 9.14. The molecule has 0 amide bonds. The lowest BCUT2D eigenvalue weighted by Crippen LogP contribution is -2.31. The monoisotopic (exact) mass is 358 g/mol. The van der Waals surface area contributed by atoms with Crippen molar-refractivity contribution in [1.29, 1.82) is 0 Å². The molecule has 4 rings (SSSR count). The zero-order valence-electron chi connectivity index (χ0n) is 15.6. The van der Waals surface area contributed by atoms with Gasteiger partial charge < -0.3 is 10.2 Å². The SMILES string of the molecule is CC(=O)c1ccc(Nc2nc(C)cc(N3CCc4ccccc4C3)n2)cc1. The van der Waals surface area contributed by atoms with Crippen LogP contribution in [-0.2, 0) is 13.0 Å². The molecule has 0 aliphatic carbocycles. The number of nitrogens with one attached hydrogen (secondary N) is 1. The van der Waals surface area contributed by atoms with E-state index >= 15 is 0 Å². The van der Waals surface area contributed by atoms with Gasteiger partial charge in [0, 0.05) is 36.1 Å². The number of ketones is 1. The highest BCUT2D eigenvalue weighted by Gasteiger charge is 2.18. The van der Waals surface area contributed by atoms with Crippen LogP contribution in [0.2, 0.25) is 0 Å². The molecule has 27 heavy (non-hydrogen) atoms. The predicted octanol–water partition coefficient (Wildman–Crippen LogP) is 4.29.